The van der Waals surface area contributed by atoms with E-state index in [1.807, 2.05) is 0 Å². The molecule has 1 aromatic rings. The van der Waals surface area contributed by atoms with E-state index in [1.54, 1.807) is 0 Å². The molecule has 0 amide bonds. The van der Waals surface area contributed by atoms with Crippen molar-refractivity contribution in [1.82, 2.24) is 0 Å². The monoisotopic (exact) mass is 265 g/mol. The number of para-hydroxylation sites is 1. The number of benzene rings is 1. The number of rotatable bonds is 2. The summed E-state index contributed by atoms with van der Waals surface area (Å²) < 4.78 is 52.4. The second-order valence-electron chi connectivity index (χ2n) is 2.68. The Balaban J connectivity index is 3.37. The first kappa shape index (κ1) is 9.85. The molecule has 0 saturated carbocycles. The van der Waals surface area contributed by atoms with Gasteiger partial charge in [-0.15, -0.1) is 0 Å². The molecule has 7 heteroatoms. The zero-order valence-corrected chi connectivity index (χ0v) is 8.57. The van der Waals surface area contributed by atoms with E-state index in [-0.39, 0.29) is 5.69 Å². The van der Waals surface area contributed by atoms with Crippen LogP contribution in [0.2, 0.25) is 0 Å². The molecule has 0 aromatic heterocycles. The van der Waals surface area contributed by atoms with Crippen LogP contribution in [0.3, 0.4) is 0 Å². The predicted octanol–water partition coefficient (Wildman–Crippen LogP) is 0.966. The quantitative estimate of drug-likeness (QED) is 0.800. The van der Waals surface area contributed by atoms with Gasteiger partial charge >= 0.3 is 70.6 Å². The summed E-state index contributed by atoms with van der Waals surface area (Å²) >= 11 is -9.17. The summed E-state index contributed by atoms with van der Waals surface area (Å²) in [5.41, 5.74) is -0.318. The molecule has 0 unspecified atom stereocenters. The summed E-state index contributed by atoms with van der Waals surface area (Å²) in [7, 11) is 0. The van der Waals surface area contributed by atoms with Crippen molar-refractivity contribution in [2.75, 3.05) is 3.72 Å². The molecular weight excluding hydrogens is 259 g/mol. The van der Waals surface area contributed by atoms with Crippen LogP contribution in [-0.4, -0.2) is 0 Å². The van der Waals surface area contributed by atoms with E-state index in [9.17, 15) is 16.3 Å². The molecule has 1 aromatic carbocycles. The Kier molecular flexibility index (Phi) is 1.50. The van der Waals surface area contributed by atoms with Crippen molar-refractivity contribution in [2.24, 2.45) is 0 Å². The van der Waals surface area contributed by atoms with Crippen molar-refractivity contribution >= 4 is 5.69 Å². The van der Waals surface area contributed by atoms with E-state index >= 15 is 0 Å². The van der Waals surface area contributed by atoms with E-state index < -0.39 is 14.6 Å². The van der Waals surface area contributed by atoms with Crippen LogP contribution in [0.5, 0.6) is 0 Å². The molecule has 0 atom stereocenters. The van der Waals surface area contributed by atoms with Gasteiger partial charge in [0, 0.05) is 0 Å². The Morgan fingerprint density at radius 1 is 0.846 bits per heavy atom. The van der Waals surface area contributed by atoms with Crippen molar-refractivity contribution in [2.45, 2.75) is 0 Å². The molecule has 70 valence electrons. The summed E-state index contributed by atoms with van der Waals surface area (Å²) in [4.78, 5) is 0. The van der Waals surface area contributed by atoms with Crippen LogP contribution < -0.4 is 3.72 Å². The Bertz CT molecular complexity index is 665. The summed E-state index contributed by atoms with van der Waals surface area (Å²) in [5, 5.41) is 0. The summed E-state index contributed by atoms with van der Waals surface area (Å²) in [6, 6.07) is 6.56. The Labute approximate surface area is 70.9 Å². The zero-order chi connectivity index (χ0) is 10.2. The third-order valence-electron chi connectivity index (χ3n) is 1.13. The maximum atomic E-state index is 10.3. The van der Waals surface area contributed by atoms with Crippen molar-refractivity contribution in [3.63, 3.8) is 0 Å². The number of nitrogens with one attached hydrogen (secondary N) is 1. The van der Waals surface area contributed by atoms with Gasteiger partial charge in [0.2, 0.25) is 0 Å². The van der Waals surface area contributed by atoms with E-state index in [0.29, 0.717) is 0 Å². The predicted molar refractivity (Wildman–Crippen MR) is 33.5 cm³/mol. The van der Waals surface area contributed by atoms with Crippen molar-refractivity contribution in [3.05, 3.63) is 30.3 Å². The minimum absolute atomic E-state index is 0.318. The maximum absolute atomic E-state index is 10.3. The molecule has 0 fully saturated rings. The third-order valence-corrected chi connectivity index (χ3v) is 2.89. The standard InChI is InChI=1S/C6H6N.Nb.5O/c7-6-4-2-1-3-5-6;;;;;;/h1-5,7H;;;;;;/q-1;+1;;;;;. The van der Waals surface area contributed by atoms with Gasteiger partial charge in [0.05, 0.1) is 0 Å². The fourth-order valence-electron chi connectivity index (χ4n) is 0.776. The van der Waals surface area contributed by atoms with Gasteiger partial charge in [-0.05, 0) is 0 Å². The van der Waals surface area contributed by atoms with Gasteiger partial charge in [-0.25, -0.2) is 0 Å². The van der Waals surface area contributed by atoms with Crippen LogP contribution in [0.4, 0.5) is 5.69 Å². The van der Waals surface area contributed by atoms with Gasteiger partial charge in [0.25, 0.3) is 0 Å². The zero-order valence-electron chi connectivity index (χ0n) is 6.38. The first-order chi connectivity index (χ1) is 5.55. The van der Waals surface area contributed by atoms with Gasteiger partial charge < -0.3 is 0 Å². The topological polar surface area (TPSA) is 97.4 Å². The van der Waals surface area contributed by atoms with E-state index in [0.717, 1.165) is 15.9 Å². The van der Waals surface area contributed by atoms with E-state index in [4.69, 9.17) is 0 Å². The average Bonchev–Trinajstić information content (AvgIpc) is 1.82. The van der Waals surface area contributed by atoms with Crippen LogP contribution in [0.25, 0.3) is 0 Å². The molecule has 0 aliphatic carbocycles. The second-order valence-corrected chi connectivity index (χ2v) is 9.14. The normalized spacial score (nSPS) is 11.4. The SMILES string of the molecule is [O]=[Nb](=[O])(=[O])(=[O])(=[O])[NH]c1ccccc1. The molecule has 0 heterocycles. The number of hydrogen-bond acceptors (Lipinski definition) is 5. The first-order valence-corrected chi connectivity index (χ1v) is 8.88. The fourth-order valence-corrected chi connectivity index (χ4v) is 2.44. The van der Waals surface area contributed by atoms with Gasteiger partial charge in [-0.3, -0.25) is 0 Å². The van der Waals surface area contributed by atoms with E-state index in [1.165, 1.54) is 18.2 Å². The van der Waals surface area contributed by atoms with Crippen LogP contribution in [-0.2, 0) is 30.9 Å². The number of hydrogen-bond donors (Lipinski definition) is 1. The molecule has 1 N–H and O–H groups in total. The molecule has 0 aliphatic rings. The molecule has 0 aliphatic heterocycles. The summed E-state index contributed by atoms with van der Waals surface area (Å²) in [5.74, 6) is 0. The molecule has 6 nitrogen and oxygen atoms in total. The van der Waals surface area contributed by atoms with Crippen LogP contribution in [0, 0.1) is 0 Å². The van der Waals surface area contributed by atoms with Gasteiger partial charge in [0.1, 0.15) is 0 Å². The van der Waals surface area contributed by atoms with Crippen molar-refractivity contribution < 1.29 is 30.9 Å². The molecule has 0 bridgehead atoms. The molecule has 13 heavy (non-hydrogen) atoms. The van der Waals surface area contributed by atoms with E-state index in [2.05, 4.69) is 0 Å². The second kappa shape index (κ2) is 1.98. The van der Waals surface area contributed by atoms with Gasteiger partial charge in [0.15, 0.2) is 0 Å². The van der Waals surface area contributed by atoms with Crippen molar-refractivity contribution in [1.29, 1.82) is 0 Å². The molecule has 0 saturated heterocycles. The van der Waals surface area contributed by atoms with Gasteiger partial charge in [-0.2, -0.15) is 0 Å². The van der Waals surface area contributed by atoms with Crippen LogP contribution in [0.1, 0.15) is 0 Å². The third kappa shape index (κ3) is 4.36. The summed E-state index contributed by atoms with van der Waals surface area (Å²) in [6.07, 6.45) is 0. The fraction of sp³-hybridized carbons (Fsp3) is 0. The van der Waals surface area contributed by atoms with Crippen LogP contribution in [0.15, 0.2) is 30.3 Å². The summed E-state index contributed by atoms with van der Waals surface area (Å²) in [6.45, 7) is 0. The number of anilines is 1. The van der Waals surface area contributed by atoms with Crippen LogP contribution >= 0.6 is 0 Å². The molecule has 1 rings (SSSR count). The molecule has 0 radical (unpaired) electrons. The average molecular weight is 265 g/mol. The first-order valence-electron chi connectivity index (χ1n) is 3.30. The molecule has 0 spiro atoms. The Morgan fingerprint density at radius 3 is 1.69 bits per heavy atom. The van der Waals surface area contributed by atoms with Crippen molar-refractivity contribution in [3.8, 4) is 0 Å². The van der Waals surface area contributed by atoms with Gasteiger partial charge in [-0.1, -0.05) is 0 Å². The molecular formula is C6H6NNbO5. The minimum atomic E-state index is -9.17. The Hall–Kier alpha value is -1.24. The Morgan fingerprint density at radius 2 is 1.31 bits per heavy atom.